The molecule has 9 heteroatoms. The Balaban J connectivity index is 1.81. The minimum Gasteiger partial charge on any atom is -0.497 e. The van der Waals surface area contributed by atoms with Gasteiger partial charge < -0.3 is 4.74 Å². The van der Waals surface area contributed by atoms with Crippen LogP contribution >= 0.6 is 0 Å². The van der Waals surface area contributed by atoms with Crippen LogP contribution in [0.25, 0.3) is 11.2 Å². The van der Waals surface area contributed by atoms with Crippen LogP contribution in [0.1, 0.15) is 23.6 Å². The van der Waals surface area contributed by atoms with Gasteiger partial charge in [0.05, 0.1) is 19.4 Å². The molecule has 1 N–H and O–H groups in total. The average Bonchev–Trinajstić information content (AvgIpc) is 3.19. The van der Waals surface area contributed by atoms with Crippen LogP contribution in [0.15, 0.2) is 63.2 Å². The van der Waals surface area contributed by atoms with Crippen LogP contribution in [-0.4, -0.2) is 31.5 Å². The molecular weight excluding hydrogens is 420 g/mol. The van der Waals surface area contributed by atoms with Crippen molar-refractivity contribution in [3.63, 3.8) is 0 Å². The molecule has 0 saturated carbocycles. The summed E-state index contributed by atoms with van der Waals surface area (Å²) in [5, 5.41) is 4.48. The van der Waals surface area contributed by atoms with E-state index in [2.05, 4.69) is 15.5 Å². The number of methoxy groups -OCH3 is 1. The van der Waals surface area contributed by atoms with Gasteiger partial charge >= 0.3 is 5.69 Å². The third-order valence-electron chi connectivity index (χ3n) is 5.64. The lowest BCUT2D eigenvalue weighted by atomic mass is 10.1. The zero-order valence-corrected chi connectivity index (χ0v) is 19.3. The van der Waals surface area contributed by atoms with Crippen LogP contribution in [0, 0.1) is 6.92 Å². The number of benzene rings is 2. The van der Waals surface area contributed by atoms with E-state index in [9.17, 15) is 9.59 Å². The second-order valence-electron chi connectivity index (χ2n) is 7.92. The molecule has 0 aliphatic rings. The number of aromatic nitrogens is 4. The number of imidazole rings is 1. The molecule has 0 bridgehead atoms. The molecule has 0 atom stereocenters. The van der Waals surface area contributed by atoms with Crippen LogP contribution in [0.2, 0.25) is 0 Å². The zero-order valence-electron chi connectivity index (χ0n) is 19.3. The van der Waals surface area contributed by atoms with E-state index in [1.165, 1.54) is 11.6 Å². The summed E-state index contributed by atoms with van der Waals surface area (Å²) in [4.78, 5) is 30.0. The number of aryl methyl sites for hydroxylation is 2. The second kappa shape index (κ2) is 8.78. The monoisotopic (exact) mass is 446 g/mol. The van der Waals surface area contributed by atoms with Crippen molar-refractivity contribution in [3.05, 3.63) is 86.1 Å². The predicted octanol–water partition coefficient (Wildman–Crippen LogP) is 2.64. The molecule has 2 heterocycles. The summed E-state index contributed by atoms with van der Waals surface area (Å²) < 4.78 is 9.42. The van der Waals surface area contributed by atoms with E-state index < -0.39 is 11.2 Å². The maximum absolute atomic E-state index is 13.0. The summed E-state index contributed by atoms with van der Waals surface area (Å²) in [5.41, 5.74) is 6.57. The fourth-order valence-electron chi connectivity index (χ4n) is 3.59. The highest BCUT2D eigenvalue weighted by atomic mass is 16.5. The lowest BCUT2D eigenvalue weighted by Crippen LogP contribution is -2.37. The summed E-state index contributed by atoms with van der Waals surface area (Å²) in [6.45, 7) is 4.28. The van der Waals surface area contributed by atoms with Gasteiger partial charge in [0.2, 0.25) is 5.95 Å². The van der Waals surface area contributed by atoms with Gasteiger partial charge in [0.25, 0.3) is 5.56 Å². The number of fused-ring (bicyclic) bond motifs is 1. The standard InChI is InChI=1S/C24H26N6O3/c1-15-6-8-17(9-7-15)14-30-20-21(28(3)24(32)29(4)22(20)31)25-23(30)27-26-16(2)18-10-12-19(33-5)13-11-18/h6-13H,14H2,1-5H3,(H,25,27). The molecule has 0 aliphatic carbocycles. The van der Waals surface area contributed by atoms with Crippen molar-refractivity contribution in [3.8, 4) is 5.75 Å². The van der Waals surface area contributed by atoms with Gasteiger partial charge in [-0.15, -0.1) is 0 Å². The van der Waals surface area contributed by atoms with Crippen LogP contribution in [0.4, 0.5) is 5.95 Å². The molecule has 0 amide bonds. The fraction of sp³-hybridized carbons (Fsp3) is 0.250. The highest BCUT2D eigenvalue weighted by Crippen LogP contribution is 2.19. The van der Waals surface area contributed by atoms with Crippen molar-refractivity contribution in [2.45, 2.75) is 20.4 Å². The molecule has 4 aromatic rings. The molecule has 0 radical (unpaired) electrons. The van der Waals surface area contributed by atoms with Crippen LogP contribution in [-0.2, 0) is 20.6 Å². The van der Waals surface area contributed by atoms with E-state index in [-0.39, 0.29) is 0 Å². The number of hydrogen-bond acceptors (Lipinski definition) is 6. The first-order valence-electron chi connectivity index (χ1n) is 10.5. The third-order valence-corrected chi connectivity index (χ3v) is 5.64. The lowest BCUT2D eigenvalue weighted by Gasteiger charge is -2.10. The molecular formula is C24H26N6O3. The van der Waals surface area contributed by atoms with Gasteiger partial charge in [0.1, 0.15) is 5.75 Å². The molecule has 0 unspecified atom stereocenters. The Kier molecular flexibility index (Phi) is 5.87. The molecule has 33 heavy (non-hydrogen) atoms. The van der Waals surface area contributed by atoms with Crippen LogP contribution < -0.4 is 21.4 Å². The van der Waals surface area contributed by atoms with E-state index in [0.717, 1.165) is 32.7 Å². The van der Waals surface area contributed by atoms with Gasteiger partial charge in [-0.3, -0.25) is 18.5 Å². The number of ether oxygens (including phenoxy) is 1. The molecule has 0 saturated heterocycles. The highest BCUT2D eigenvalue weighted by molar-refractivity contribution is 5.99. The maximum atomic E-state index is 13.0. The van der Waals surface area contributed by atoms with Crippen molar-refractivity contribution >= 4 is 22.8 Å². The molecule has 0 fully saturated rings. The third kappa shape index (κ3) is 4.17. The Labute approximate surface area is 190 Å². The number of hydrazone groups is 1. The largest absolute Gasteiger partial charge is 0.497 e. The van der Waals surface area contributed by atoms with Crippen molar-refractivity contribution in [1.82, 2.24) is 18.7 Å². The van der Waals surface area contributed by atoms with E-state index in [4.69, 9.17) is 4.74 Å². The fourth-order valence-corrected chi connectivity index (χ4v) is 3.59. The summed E-state index contributed by atoms with van der Waals surface area (Å²) in [7, 11) is 4.68. The topological polar surface area (TPSA) is 95.4 Å². The summed E-state index contributed by atoms with van der Waals surface area (Å²) in [5.74, 6) is 1.13. The molecule has 170 valence electrons. The molecule has 0 aliphatic heterocycles. The Morgan fingerprint density at radius 2 is 1.70 bits per heavy atom. The first kappa shape index (κ1) is 22.1. The summed E-state index contributed by atoms with van der Waals surface area (Å²) in [6, 6.07) is 15.6. The van der Waals surface area contributed by atoms with Crippen LogP contribution in [0.5, 0.6) is 5.75 Å². The zero-order chi connectivity index (χ0) is 23.7. The predicted molar refractivity (Wildman–Crippen MR) is 129 cm³/mol. The van der Waals surface area contributed by atoms with Gasteiger partial charge in [-0.2, -0.15) is 10.1 Å². The minimum atomic E-state index is -0.433. The Bertz CT molecular complexity index is 1460. The molecule has 2 aromatic carbocycles. The highest BCUT2D eigenvalue weighted by Gasteiger charge is 2.19. The van der Waals surface area contributed by atoms with Gasteiger partial charge in [-0.05, 0) is 49.2 Å². The van der Waals surface area contributed by atoms with Crippen molar-refractivity contribution in [1.29, 1.82) is 0 Å². The molecule has 0 spiro atoms. The van der Waals surface area contributed by atoms with Crippen molar-refractivity contribution in [2.75, 3.05) is 12.5 Å². The number of hydrogen-bond donors (Lipinski definition) is 1. The number of anilines is 1. The average molecular weight is 447 g/mol. The summed E-state index contributed by atoms with van der Waals surface area (Å²) >= 11 is 0. The summed E-state index contributed by atoms with van der Waals surface area (Å²) in [6.07, 6.45) is 0. The van der Waals surface area contributed by atoms with Gasteiger partial charge in [-0.25, -0.2) is 10.2 Å². The van der Waals surface area contributed by atoms with E-state index in [0.29, 0.717) is 23.7 Å². The molecule has 2 aromatic heterocycles. The smallest absolute Gasteiger partial charge is 0.332 e. The first-order chi connectivity index (χ1) is 15.8. The van der Waals surface area contributed by atoms with Crippen molar-refractivity contribution in [2.24, 2.45) is 19.2 Å². The minimum absolute atomic E-state index is 0.301. The van der Waals surface area contributed by atoms with E-state index in [1.807, 2.05) is 62.4 Å². The second-order valence-corrected chi connectivity index (χ2v) is 7.92. The Morgan fingerprint density at radius 1 is 1.03 bits per heavy atom. The quantitative estimate of drug-likeness (QED) is 0.363. The number of rotatable bonds is 6. The van der Waals surface area contributed by atoms with Gasteiger partial charge in [0.15, 0.2) is 11.2 Å². The van der Waals surface area contributed by atoms with E-state index >= 15 is 0 Å². The first-order valence-corrected chi connectivity index (χ1v) is 10.5. The Hall–Kier alpha value is -4.14. The van der Waals surface area contributed by atoms with Crippen molar-refractivity contribution < 1.29 is 4.74 Å². The lowest BCUT2D eigenvalue weighted by molar-refractivity contribution is 0.415. The maximum Gasteiger partial charge on any atom is 0.332 e. The molecule has 4 rings (SSSR count). The normalized spacial score (nSPS) is 11.7. The van der Waals surface area contributed by atoms with Crippen LogP contribution in [0.3, 0.4) is 0 Å². The number of nitrogens with one attached hydrogen (secondary N) is 1. The van der Waals surface area contributed by atoms with Gasteiger partial charge in [0, 0.05) is 14.1 Å². The SMILES string of the molecule is COc1ccc(C(C)=NNc2nc3c(c(=O)n(C)c(=O)n3C)n2Cc2ccc(C)cc2)cc1. The number of nitrogens with zero attached hydrogens (tertiary/aromatic N) is 5. The van der Waals surface area contributed by atoms with Gasteiger partial charge in [-0.1, -0.05) is 29.8 Å². The Morgan fingerprint density at radius 3 is 2.33 bits per heavy atom. The molecule has 9 nitrogen and oxygen atoms in total. The van der Waals surface area contributed by atoms with E-state index in [1.54, 1.807) is 18.7 Å².